The summed E-state index contributed by atoms with van der Waals surface area (Å²) in [4.78, 5) is 0. The smallest absolute Gasteiger partial charge is 0.126 e. The van der Waals surface area contributed by atoms with Crippen LogP contribution in [0.3, 0.4) is 0 Å². The van der Waals surface area contributed by atoms with Crippen LogP contribution in [0.15, 0.2) is 18.3 Å². The second-order valence-corrected chi connectivity index (χ2v) is 7.65. The molecule has 1 fully saturated rings. The van der Waals surface area contributed by atoms with Gasteiger partial charge in [0.15, 0.2) is 0 Å². The molecule has 1 aliphatic rings. The van der Waals surface area contributed by atoms with Crippen molar-refractivity contribution in [2.24, 2.45) is 5.92 Å². The molecule has 0 aliphatic heterocycles. The third-order valence-corrected chi connectivity index (χ3v) is 4.96. The van der Waals surface area contributed by atoms with Crippen molar-refractivity contribution in [1.29, 1.82) is 0 Å². The van der Waals surface area contributed by atoms with E-state index in [1.807, 2.05) is 24.9 Å². The molecule has 1 aromatic heterocycles. The zero-order valence-corrected chi connectivity index (χ0v) is 13.8. The van der Waals surface area contributed by atoms with Gasteiger partial charge in [-0.3, -0.25) is 4.72 Å². The number of hydrogen-bond donors (Lipinski definition) is 1. The Balaban J connectivity index is 1.91. The van der Waals surface area contributed by atoms with Crippen molar-refractivity contribution in [3.8, 4) is 0 Å². The minimum absolute atomic E-state index is 0.110. The van der Waals surface area contributed by atoms with E-state index >= 15 is 0 Å². The van der Waals surface area contributed by atoms with Gasteiger partial charge in [0.2, 0.25) is 0 Å². The van der Waals surface area contributed by atoms with E-state index < -0.39 is 0 Å². The second-order valence-electron chi connectivity index (χ2n) is 6.46. The monoisotopic (exact) mass is 306 g/mol. The Kier molecular flexibility index (Phi) is 4.27. The van der Waals surface area contributed by atoms with Crippen molar-refractivity contribution in [3.63, 3.8) is 0 Å². The number of hydrogen-bond acceptors (Lipinski definition) is 2. The van der Waals surface area contributed by atoms with Gasteiger partial charge in [-0.2, -0.15) is 0 Å². The summed E-state index contributed by atoms with van der Waals surface area (Å²) in [6.45, 7) is 8.02. The Hall–Kier alpha value is -1.00. The van der Waals surface area contributed by atoms with E-state index in [0.717, 1.165) is 34.8 Å². The highest BCUT2D eigenvalue weighted by molar-refractivity contribution is 7.98. The van der Waals surface area contributed by atoms with Crippen molar-refractivity contribution < 1.29 is 4.39 Å². The molecule has 1 saturated carbocycles. The molecule has 1 N–H and O–H groups in total. The van der Waals surface area contributed by atoms with Gasteiger partial charge in [0.25, 0.3) is 0 Å². The van der Waals surface area contributed by atoms with E-state index in [2.05, 4.69) is 29.3 Å². The van der Waals surface area contributed by atoms with Gasteiger partial charge in [-0.25, -0.2) is 4.39 Å². The number of nitrogens with one attached hydrogen (secondary N) is 1. The minimum Gasteiger partial charge on any atom is -0.347 e. The van der Waals surface area contributed by atoms with Crippen LogP contribution in [0.2, 0.25) is 0 Å². The van der Waals surface area contributed by atoms with Crippen LogP contribution >= 0.6 is 11.9 Å². The first-order valence-electron chi connectivity index (χ1n) is 7.71. The molecule has 114 valence electrons. The maximum atomic E-state index is 13.9. The van der Waals surface area contributed by atoms with Crippen LogP contribution in [0.4, 0.5) is 4.39 Å². The number of aryl methyl sites for hydroxylation is 1. The lowest BCUT2D eigenvalue weighted by molar-refractivity contribution is 0.534. The average molecular weight is 306 g/mol. The first kappa shape index (κ1) is 14.9. The SMILES string of the molecule is Cc1cc2c(cc1F)c(CNSC1CC1)cn2CC(C)C. The van der Waals surface area contributed by atoms with E-state index in [9.17, 15) is 4.39 Å². The summed E-state index contributed by atoms with van der Waals surface area (Å²) >= 11 is 1.82. The summed E-state index contributed by atoms with van der Waals surface area (Å²) in [5.74, 6) is 0.466. The molecule has 2 nitrogen and oxygen atoms in total. The normalized spacial score (nSPS) is 15.3. The molecule has 0 radical (unpaired) electrons. The van der Waals surface area contributed by atoms with Crippen LogP contribution in [0, 0.1) is 18.7 Å². The fourth-order valence-electron chi connectivity index (χ4n) is 2.60. The van der Waals surface area contributed by atoms with Crippen LogP contribution in [-0.4, -0.2) is 9.82 Å². The van der Waals surface area contributed by atoms with Crippen LogP contribution in [0.5, 0.6) is 0 Å². The van der Waals surface area contributed by atoms with Crippen LogP contribution in [0.25, 0.3) is 10.9 Å². The molecule has 0 spiro atoms. The minimum atomic E-state index is -0.110. The van der Waals surface area contributed by atoms with Gasteiger partial charge in [0, 0.05) is 35.4 Å². The Morgan fingerprint density at radius 1 is 1.38 bits per heavy atom. The van der Waals surface area contributed by atoms with Crippen molar-refractivity contribution in [3.05, 3.63) is 35.3 Å². The Bertz CT molecular complexity index is 644. The molecule has 0 unspecified atom stereocenters. The summed E-state index contributed by atoms with van der Waals surface area (Å²) in [5, 5.41) is 1.83. The quantitative estimate of drug-likeness (QED) is 0.783. The Morgan fingerprint density at radius 2 is 2.14 bits per heavy atom. The molecule has 0 amide bonds. The fourth-order valence-corrected chi connectivity index (χ4v) is 3.44. The van der Waals surface area contributed by atoms with Crippen LogP contribution in [-0.2, 0) is 13.1 Å². The second kappa shape index (κ2) is 6.01. The molecule has 3 rings (SSSR count). The molecule has 4 heteroatoms. The molecule has 1 aliphatic carbocycles. The van der Waals surface area contributed by atoms with Crippen molar-refractivity contribution in [1.82, 2.24) is 9.29 Å². The molecule has 1 heterocycles. The van der Waals surface area contributed by atoms with Gasteiger partial charge in [0.05, 0.1) is 0 Å². The zero-order valence-electron chi connectivity index (χ0n) is 12.9. The largest absolute Gasteiger partial charge is 0.347 e. The van der Waals surface area contributed by atoms with Crippen molar-refractivity contribution >= 4 is 22.9 Å². The van der Waals surface area contributed by atoms with Gasteiger partial charge >= 0.3 is 0 Å². The molecule has 0 saturated heterocycles. The highest BCUT2D eigenvalue weighted by Gasteiger charge is 2.22. The average Bonchev–Trinajstić information content (AvgIpc) is 3.18. The number of fused-ring (bicyclic) bond motifs is 1. The van der Waals surface area contributed by atoms with Gasteiger partial charge in [-0.15, -0.1) is 0 Å². The van der Waals surface area contributed by atoms with Gasteiger partial charge in [-0.05, 0) is 48.9 Å². The summed E-state index contributed by atoms with van der Waals surface area (Å²) in [6.07, 6.45) is 4.82. The van der Waals surface area contributed by atoms with Crippen molar-refractivity contribution in [2.75, 3.05) is 0 Å². The number of rotatable bonds is 6. The molecule has 0 atom stereocenters. The number of nitrogens with zero attached hydrogens (tertiary/aromatic N) is 1. The predicted molar refractivity (Wildman–Crippen MR) is 88.9 cm³/mol. The summed E-state index contributed by atoms with van der Waals surface area (Å²) < 4.78 is 19.6. The number of aromatic nitrogens is 1. The zero-order chi connectivity index (χ0) is 15.0. The summed E-state index contributed by atoms with van der Waals surface area (Å²) in [6, 6.07) is 3.67. The van der Waals surface area contributed by atoms with E-state index in [1.54, 1.807) is 6.07 Å². The van der Waals surface area contributed by atoms with Crippen molar-refractivity contribution in [2.45, 2.75) is 52.0 Å². The van der Waals surface area contributed by atoms with Crippen LogP contribution < -0.4 is 4.72 Å². The molecule has 1 aromatic carbocycles. The first-order valence-corrected chi connectivity index (χ1v) is 8.59. The molecule has 21 heavy (non-hydrogen) atoms. The predicted octanol–water partition coefficient (Wildman–Crippen LogP) is 4.65. The molecule has 2 aromatic rings. The van der Waals surface area contributed by atoms with Gasteiger partial charge < -0.3 is 4.57 Å². The van der Waals surface area contributed by atoms with E-state index in [0.29, 0.717) is 5.92 Å². The first-order chi connectivity index (χ1) is 10.0. The lowest BCUT2D eigenvalue weighted by Crippen LogP contribution is -2.05. The third-order valence-electron chi connectivity index (χ3n) is 3.84. The fraction of sp³-hybridized carbons (Fsp3) is 0.529. The maximum Gasteiger partial charge on any atom is 0.126 e. The molecular formula is C17H23FN2S. The van der Waals surface area contributed by atoms with Gasteiger partial charge in [-0.1, -0.05) is 25.8 Å². The van der Waals surface area contributed by atoms with E-state index in [1.165, 1.54) is 18.4 Å². The summed E-state index contributed by atoms with van der Waals surface area (Å²) in [7, 11) is 0. The standard InChI is InChI=1S/C17H23FN2S/c1-11(2)9-20-10-13(8-19-21-14-4-5-14)15-7-16(18)12(3)6-17(15)20/h6-7,10-11,14,19H,4-5,8-9H2,1-3H3. The Morgan fingerprint density at radius 3 is 2.81 bits per heavy atom. The lowest BCUT2D eigenvalue weighted by Gasteiger charge is -2.08. The maximum absolute atomic E-state index is 13.9. The topological polar surface area (TPSA) is 17.0 Å². The van der Waals surface area contributed by atoms with Gasteiger partial charge in [0.1, 0.15) is 5.82 Å². The highest BCUT2D eigenvalue weighted by Crippen LogP contribution is 2.32. The summed E-state index contributed by atoms with van der Waals surface area (Å²) in [5.41, 5.74) is 3.06. The third kappa shape index (κ3) is 3.43. The number of halogens is 1. The van der Waals surface area contributed by atoms with E-state index in [-0.39, 0.29) is 5.82 Å². The molecule has 0 bridgehead atoms. The molecular weight excluding hydrogens is 283 g/mol. The van der Waals surface area contributed by atoms with E-state index in [4.69, 9.17) is 0 Å². The Labute approximate surface area is 130 Å². The number of benzene rings is 1. The van der Waals surface area contributed by atoms with Crippen LogP contribution in [0.1, 0.15) is 37.8 Å². The highest BCUT2D eigenvalue weighted by atomic mass is 32.2. The lowest BCUT2D eigenvalue weighted by atomic mass is 10.1.